The highest BCUT2D eigenvalue weighted by atomic mass is 16.2. The molecule has 1 fully saturated rings. The van der Waals surface area contributed by atoms with Gasteiger partial charge in [0.25, 0.3) is 0 Å². The highest BCUT2D eigenvalue weighted by Crippen LogP contribution is 2.07. The van der Waals surface area contributed by atoms with Gasteiger partial charge < -0.3 is 9.80 Å². The lowest BCUT2D eigenvalue weighted by Gasteiger charge is -2.38. The number of nitrogens with zero attached hydrogens (tertiary/aromatic N) is 2. The number of likely N-dealkylation sites (N-methyl/N-ethyl adjacent to an activating group) is 1. The molecule has 15 heavy (non-hydrogen) atoms. The average molecular weight is 209 g/mol. The van der Waals surface area contributed by atoms with Crippen LogP contribution in [0.15, 0.2) is 0 Å². The molecule has 1 amide bonds. The van der Waals surface area contributed by atoms with E-state index in [-0.39, 0.29) is 5.91 Å². The van der Waals surface area contributed by atoms with E-state index in [4.69, 9.17) is 6.42 Å². The Morgan fingerprint density at radius 3 is 2.93 bits per heavy atom. The number of carbonyl (C=O) groups is 1. The Hall–Kier alpha value is -1.05. The van der Waals surface area contributed by atoms with Crippen molar-refractivity contribution in [2.45, 2.75) is 13.0 Å². The third kappa shape index (κ3) is 3.54. The normalized spacial score (nSPS) is 22.5. The maximum Gasteiger partial charge on any atom is 0.236 e. The zero-order chi connectivity index (χ0) is 11.3. The van der Waals surface area contributed by atoms with Crippen LogP contribution in [0.2, 0.25) is 0 Å². The highest BCUT2D eigenvalue weighted by Gasteiger charge is 2.24. The van der Waals surface area contributed by atoms with Crippen molar-refractivity contribution in [3.05, 3.63) is 0 Å². The Bertz CT molecular complexity index is 259. The molecule has 0 aromatic carbocycles. The Morgan fingerprint density at radius 1 is 1.60 bits per heavy atom. The number of terminal acetylenes is 1. The van der Waals surface area contributed by atoms with E-state index in [1.807, 2.05) is 4.90 Å². The van der Waals surface area contributed by atoms with Crippen LogP contribution >= 0.6 is 0 Å². The van der Waals surface area contributed by atoms with Crippen molar-refractivity contribution in [1.29, 1.82) is 0 Å². The van der Waals surface area contributed by atoms with Crippen LogP contribution in [0, 0.1) is 12.3 Å². The molecule has 0 spiro atoms. The lowest BCUT2D eigenvalue weighted by Crippen LogP contribution is -2.54. The van der Waals surface area contributed by atoms with Crippen LogP contribution in [0.25, 0.3) is 0 Å². The van der Waals surface area contributed by atoms with Gasteiger partial charge in [-0.3, -0.25) is 10.1 Å². The van der Waals surface area contributed by atoms with Crippen LogP contribution in [0.5, 0.6) is 0 Å². The van der Waals surface area contributed by atoms with Gasteiger partial charge in [0, 0.05) is 25.7 Å². The zero-order valence-corrected chi connectivity index (χ0v) is 9.49. The monoisotopic (exact) mass is 209 g/mol. The topological polar surface area (TPSA) is 35.6 Å². The van der Waals surface area contributed by atoms with Crippen molar-refractivity contribution in [3.63, 3.8) is 0 Å². The van der Waals surface area contributed by atoms with Crippen molar-refractivity contribution in [3.8, 4) is 12.3 Å². The third-order valence-corrected chi connectivity index (χ3v) is 2.65. The van der Waals surface area contributed by atoms with Crippen LogP contribution in [-0.2, 0) is 4.79 Å². The van der Waals surface area contributed by atoms with Gasteiger partial charge in [0.15, 0.2) is 0 Å². The zero-order valence-electron chi connectivity index (χ0n) is 9.49. The Kier molecular flexibility index (Phi) is 4.60. The van der Waals surface area contributed by atoms with Crippen molar-refractivity contribution in [2.75, 3.05) is 39.8 Å². The summed E-state index contributed by atoms with van der Waals surface area (Å²) < 4.78 is 0. The number of hydrogen-bond acceptors (Lipinski definition) is 3. The molecule has 4 nitrogen and oxygen atoms in total. The molecule has 0 radical (unpaired) electrons. The van der Waals surface area contributed by atoms with Gasteiger partial charge >= 0.3 is 0 Å². The summed E-state index contributed by atoms with van der Waals surface area (Å²) >= 11 is 0. The second-order valence-electron chi connectivity index (χ2n) is 4.01. The molecule has 1 saturated heterocycles. The number of amides is 1. The third-order valence-electron chi connectivity index (χ3n) is 2.65. The number of piperazine rings is 1. The highest BCUT2D eigenvalue weighted by molar-refractivity contribution is 5.78. The molecular weight excluding hydrogens is 190 g/mol. The SMILES string of the molecule is C#CCNCC(=O)N1CCN(C)CC1C. The van der Waals surface area contributed by atoms with Crippen LogP contribution in [0.4, 0.5) is 0 Å². The molecule has 4 heteroatoms. The predicted octanol–water partition coefficient (Wildman–Crippen LogP) is -0.628. The Balaban J connectivity index is 2.36. The van der Waals surface area contributed by atoms with Crippen LogP contribution in [0.1, 0.15) is 6.92 Å². The smallest absolute Gasteiger partial charge is 0.236 e. The standard InChI is InChI=1S/C11H19N3O/c1-4-5-12-8-11(15)14-7-6-13(3)9-10(14)2/h1,10,12H,5-9H2,2-3H3. The summed E-state index contributed by atoms with van der Waals surface area (Å²) in [5, 5.41) is 2.92. The molecule has 1 aliphatic rings. The predicted molar refractivity (Wildman–Crippen MR) is 60.4 cm³/mol. The summed E-state index contributed by atoms with van der Waals surface area (Å²) in [5.41, 5.74) is 0. The van der Waals surface area contributed by atoms with Gasteiger partial charge in [-0.15, -0.1) is 6.42 Å². The molecule has 1 aliphatic heterocycles. The summed E-state index contributed by atoms with van der Waals surface area (Å²) in [6.07, 6.45) is 5.09. The molecule has 1 heterocycles. The number of rotatable bonds is 3. The molecule has 0 aromatic rings. The average Bonchev–Trinajstić information content (AvgIpc) is 2.17. The Morgan fingerprint density at radius 2 is 2.33 bits per heavy atom. The molecule has 1 unspecified atom stereocenters. The molecule has 1 rings (SSSR count). The number of nitrogens with one attached hydrogen (secondary N) is 1. The number of carbonyl (C=O) groups excluding carboxylic acids is 1. The van der Waals surface area contributed by atoms with Gasteiger partial charge in [0.1, 0.15) is 0 Å². The Labute approximate surface area is 91.6 Å². The summed E-state index contributed by atoms with van der Waals surface area (Å²) in [4.78, 5) is 15.9. The van der Waals surface area contributed by atoms with Gasteiger partial charge in [-0.05, 0) is 14.0 Å². The second-order valence-corrected chi connectivity index (χ2v) is 4.01. The van der Waals surface area contributed by atoms with E-state index in [1.54, 1.807) is 0 Å². The lowest BCUT2D eigenvalue weighted by atomic mass is 10.2. The fourth-order valence-corrected chi connectivity index (χ4v) is 1.85. The van der Waals surface area contributed by atoms with E-state index in [0.717, 1.165) is 19.6 Å². The van der Waals surface area contributed by atoms with Gasteiger partial charge in [0.05, 0.1) is 13.1 Å². The van der Waals surface area contributed by atoms with E-state index < -0.39 is 0 Å². The van der Waals surface area contributed by atoms with Crippen molar-refractivity contribution in [2.24, 2.45) is 0 Å². The minimum atomic E-state index is 0.144. The molecule has 0 bridgehead atoms. The summed E-state index contributed by atoms with van der Waals surface area (Å²) in [6.45, 7) is 5.58. The first-order chi connectivity index (χ1) is 7.15. The van der Waals surface area contributed by atoms with E-state index >= 15 is 0 Å². The van der Waals surface area contributed by atoms with E-state index in [1.165, 1.54) is 0 Å². The van der Waals surface area contributed by atoms with Gasteiger partial charge in [-0.2, -0.15) is 0 Å². The molecule has 0 aliphatic carbocycles. The van der Waals surface area contributed by atoms with Gasteiger partial charge in [-0.25, -0.2) is 0 Å². The maximum atomic E-state index is 11.8. The lowest BCUT2D eigenvalue weighted by molar-refractivity contribution is -0.134. The minimum absolute atomic E-state index is 0.144. The van der Waals surface area contributed by atoms with Crippen LogP contribution in [0.3, 0.4) is 0 Å². The van der Waals surface area contributed by atoms with E-state index in [9.17, 15) is 4.79 Å². The first-order valence-electron chi connectivity index (χ1n) is 5.27. The largest absolute Gasteiger partial charge is 0.336 e. The first kappa shape index (κ1) is 12.0. The number of hydrogen-bond donors (Lipinski definition) is 1. The molecule has 0 aromatic heterocycles. The van der Waals surface area contributed by atoms with Crippen molar-refractivity contribution in [1.82, 2.24) is 15.1 Å². The summed E-state index contributed by atoms with van der Waals surface area (Å²) in [6, 6.07) is 0.295. The molecule has 1 N–H and O–H groups in total. The fraction of sp³-hybridized carbons (Fsp3) is 0.727. The fourth-order valence-electron chi connectivity index (χ4n) is 1.85. The molecular formula is C11H19N3O. The second kappa shape index (κ2) is 5.74. The van der Waals surface area contributed by atoms with Gasteiger partial charge in [0.2, 0.25) is 5.91 Å². The quantitative estimate of drug-likeness (QED) is 0.497. The van der Waals surface area contributed by atoms with Crippen molar-refractivity contribution < 1.29 is 4.79 Å². The van der Waals surface area contributed by atoms with Crippen LogP contribution < -0.4 is 5.32 Å². The van der Waals surface area contributed by atoms with E-state index in [2.05, 4.69) is 30.1 Å². The van der Waals surface area contributed by atoms with Crippen LogP contribution in [-0.4, -0.2) is 61.5 Å². The molecule has 1 atom stereocenters. The minimum Gasteiger partial charge on any atom is -0.336 e. The summed E-state index contributed by atoms with van der Waals surface area (Å²) in [5.74, 6) is 2.60. The molecule has 0 saturated carbocycles. The summed E-state index contributed by atoms with van der Waals surface area (Å²) in [7, 11) is 2.08. The first-order valence-corrected chi connectivity index (χ1v) is 5.27. The van der Waals surface area contributed by atoms with Gasteiger partial charge in [-0.1, -0.05) is 5.92 Å². The maximum absolute atomic E-state index is 11.8. The van der Waals surface area contributed by atoms with E-state index in [0.29, 0.717) is 19.1 Å². The molecule has 84 valence electrons. The van der Waals surface area contributed by atoms with Crippen molar-refractivity contribution >= 4 is 5.91 Å².